The van der Waals surface area contributed by atoms with E-state index in [-0.39, 0.29) is 18.0 Å². The summed E-state index contributed by atoms with van der Waals surface area (Å²) in [5.41, 5.74) is 2.49. The van der Waals surface area contributed by atoms with E-state index in [9.17, 15) is 14.4 Å². The van der Waals surface area contributed by atoms with Gasteiger partial charge in [0.2, 0.25) is 5.16 Å². The first-order valence-corrected chi connectivity index (χ1v) is 16.6. The van der Waals surface area contributed by atoms with Crippen LogP contribution in [-0.2, 0) is 37.4 Å². The number of hydroxylamine groups is 2. The smallest absolute Gasteiger partial charge is 0.356 e. The molecule has 4 aromatic rings. The normalized spacial score (nSPS) is 17.8. The number of fused-ring (bicyclic) bond motifs is 1. The Hall–Kier alpha value is -3.98. The van der Waals surface area contributed by atoms with Crippen LogP contribution in [0.2, 0.25) is 0 Å². The van der Waals surface area contributed by atoms with Crippen molar-refractivity contribution in [3.8, 4) is 0 Å². The minimum Gasteiger partial charge on any atom is -0.448 e. The van der Waals surface area contributed by atoms with Crippen LogP contribution in [0.15, 0.2) is 94.6 Å². The molecule has 11 nitrogen and oxygen atoms in total. The first-order valence-electron chi connectivity index (χ1n) is 13.7. The lowest BCUT2D eigenvalue weighted by atomic mass is 10.0. The van der Waals surface area contributed by atoms with Crippen molar-refractivity contribution in [2.24, 2.45) is 7.05 Å². The molecule has 2 atom stereocenters. The molecule has 44 heavy (non-hydrogen) atoms. The molecule has 0 aliphatic carbocycles. The summed E-state index contributed by atoms with van der Waals surface area (Å²) in [6.45, 7) is 0. The molecule has 0 N–H and O–H groups in total. The number of carbonyl (C=O) groups is 3. The van der Waals surface area contributed by atoms with Crippen LogP contribution < -0.4 is 0 Å². The molecule has 1 saturated heterocycles. The summed E-state index contributed by atoms with van der Waals surface area (Å²) < 4.78 is 7.77. The second kappa shape index (κ2) is 13.3. The van der Waals surface area contributed by atoms with Crippen LogP contribution in [-0.4, -0.2) is 78.0 Å². The van der Waals surface area contributed by atoms with Crippen LogP contribution in [0.1, 0.15) is 22.1 Å². The van der Waals surface area contributed by atoms with Crippen LogP contribution in [0.5, 0.6) is 0 Å². The number of nitrogens with zero attached hydrogens (tertiary/aromatic N) is 6. The van der Waals surface area contributed by atoms with E-state index in [4.69, 9.17) is 9.57 Å². The van der Waals surface area contributed by atoms with Gasteiger partial charge in [-0.2, -0.15) is 0 Å². The number of thiophene rings is 1. The van der Waals surface area contributed by atoms with Crippen molar-refractivity contribution in [1.82, 2.24) is 30.2 Å². The number of thioether (sulfide) groups is 2. The summed E-state index contributed by atoms with van der Waals surface area (Å²) in [6.07, 6.45) is -0.585. The molecule has 0 saturated carbocycles. The molecule has 2 aliphatic heterocycles. The molecular weight excluding hydrogens is 621 g/mol. The minimum atomic E-state index is -0.878. The maximum Gasteiger partial charge on any atom is 0.356 e. The lowest BCUT2D eigenvalue weighted by Gasteiger charge is -2.52. The molecule has 1 unspecified atom stereocenters. The maximum absolute atomic E-state index is 14.2. The third kappa shape index (κ3) is 6.02. The van der Waals surface area contributed by atoms with Gasteiger partial charge < -0.3 is 4.74 Å². The van der Waals surface area contributed by atoms with Crippen LogP contribution in [0.4, 0.5) is 0 Å². The molecule has 0 radical (unpaired) electrons. The number of rotatable bonds is 11. The van der Waals surface area contributed by atoms with Gasteiger partial charge in [0.1, 0.15) is 11.1 Å². The van der Waals surface area contributed by atoms with Gasteiger partial charge in [0.15, 0.2) is 12.1 Å². The second-order valence-electron chi connectivity index (χ2n) is 9.95. The number of aryl methyl sites for hydroxylation is 1. The molecule has 2 aromatic heterocycles. The van der Waals surface area contributed by atoms with Crippen molar-refractivity contribution in [3.63, 3.8) is 0 Å². The number of hydrogen-bond donors (Lipinski definition) is 0. The minimum absolute atomic E-state index is 0.112. The molecule has 226 valence electrons. The largest absolute Gasteiger partial charge is 0.448 e. The van der Waals surface area contributed by atoms with Gasteiger partial charge in [-0.25, -0.2) is 14.5 Å². The average molecular weight is 649 g/mol. The van der Waals surface area contributed by atoms with Crippen molar-refractivity contribution >= 4 is 52.6 Å². The maximum atomic E-state index is 14.2. The van der Waals surface area contributed by atoms with E-state index < -0.39 is 29.4 Å². The molecule has 1 fully saturated rings. The van der Waals surface area contributed by atoms with Gasteiger partial charge in [-0.15, -0.1) is 28.2 Å². The Kier molecular flexibility index (Phi) is 9.12. The standard InChI is InChI=1S/C30H28N6O5S3/c1-34-30(31-32-33-34)44-18-21-17-43-28-25(36(40-2)23(37)16-22-14-9-15-42-22)27(38)35(28)24(21)29(39)41-26(19-10-5-3-6-11-19)20-12-7-4-8-13-20/h3-15,25-26,28H,16-18H2,1-2H3/t25?,28-/m0/s1. The second-order valence-corrected chi connectivity index (χ2v) is 13.0. The molecular formula is C30H28N6O5S3. The lowest BCUT2D eigenvalue weighted by molar-refractivity contribution is -0.208. The van der Waals surface area contributed by atoms with Crippen LogP contribution in [0, 0.1) is 0 Å². The number of β-lactam (4-membered cyclic amide) rings is 1. The van der Waals surface area contributed by atoms with Crippen molar-refractivity contribution in [1.29, 1.82) is 0 Å². The van der Waals surface area contributed by atoms with Gasteiger partial charge in [0.05, 0.1) is 13.5 Å². The van der Waals surface area contributed by atoms with Gasteiger partial charge in [0.25, 0.3) is 11.8 Å². The summed E-state index contributed by atoms with van der Waals surface area (Å²) in [7, 11) is 3.11. The van der Waals surface area contributed by atoms with E-state index in [0.717, 1.165) is 21.1 Å². The Labute approximate surface area is 266 Å². The summed E-state index contributed by atoms with van der Waals surface area (Å²) in [6, 6.07) is 21.8. The van der Waals surface area contributed by atoms with E-state index in [2.05, 4.69) is 15.5 Å². The molecule has 2 amide bonds. The predicted octanol–water partition coefficient (Wildman–Crippen LogP) is 3.87. The van der Waals surface area contributed by atoms with Crippen molar-refractivity contribution < 1.29 is 24.0 Å². The van der Waals surface area contributed by atoms with Crippen LogP contribution >= 0.6 is 34.9 Å². The fraction of sp³-hybridized carbons (Fsp3) is 0.267. The highest BCUT2D eigenvalue weighted by Gasteiger charge is 2.58. The molecule has 14 heteroatoms. The summed E-state index contributed by atoms with van der Waals surface area (Å²) in [5, 5.41) is 14.7. The van der Waals surface area contributed by atoms with E-state index in [1.807, 2.05) is 78.2 Å². The Morgan fingerprint density at radius 2 is 1.77 bits per heavy atom. The average Bonchev–Trinajstić information content (AvgIpc) is 3.72. The molecule has 4 heterocycles. The van der Waals surface area contributed by atoms with Gasteiger partial charge in [-0.05, 0) is 38.6 Å². The van der Waals surface area contributed by atoms with E-state index >= 15 is 0 Å². The van der Waals surface area contributed by atoms with Gasteiger partial charge in [-0.3, -0.25) is 19.3 Å². The zero-order valence-electron chi connectivity index (χ0n) is 23.8. The first kappa shape index (κ1) is 30.1. The van der Waals surface area contributed by atoms with Gasteiger partial charge >= 0.3 is 5.97 Å². The quantitative estimate of drug-likeness (QED) is 0.103. The summed E-state index contributed by atoms with van der Waals surface area (Å²) in [5.74, 6) is -0.564. The number of benzene rings is 2. The summed E-state index contributed by atoms with van der Waals surface area (Å²) >= 11 is 4.30. The monoisotopic (exact) mass is 648 g/mol. The molecule has 2 aliphatic rings. The Morgan fingerprint density at radius 1 is 1.07 bits per heavy atom. The van der Waals surface area contributed by atoms with Crippen LogP contribution in [0.25, 0.3) is 0 Å². The fourth-order valence-electron chi connectivity index (χ4n) is 5.10. The Bertz CT molecular complexity index is 1630. The van der Waals surface area contributed by atoms with Gasteiger partial charge in [0, 0.05) is 23.4 Å². The third-order valence-electron chi connectivity index (χ3n) is 7.20. The topological polar surface area (TPSA) is 120 Å². The Balaban J connectivity index is 1.31. The van der Waals surface area contributed by atoms with Crippen molar-refractivity contribution in [2.75, 3.05) is 18.6 Å². The number of tetrazole rings is 1. The van der Waals surface area contributed by atoms with Crippen molar-refractivity contribution in [2.45, 2.75) is 29.1 Å². The molecule has 0 bridgehead atoms. The van der Waals surface area contributed by atoms with Crippen LogP contribution in [0.3, 0.4) is 0 Å². The predicted molar refractivity (Wildman–Crippen MR) is 166 cm³/mol. The number of hydrogen-bond acceptors (Lipinski definition) is 11. The fourth-order valence-corrected chi connectivity index (χ4v) is 8.16. The zero-order chi connectivity index (χ0) is 30.6. The third-order valence-corrected chi connectivity index (χ3v) is 10.5. The molecule has 0 spiro atoms. The SMILES string of the molecule is CON(C(=O)Cc1cccs1)C1C(=O)N2C(C(=O)OC(c3ccccc3)c3ccccc3)=C(CSc3nnnn3C)CS[C@@H]12. The van der Waals surface area contributed by atoms with Gasteiger partial charge in [-0.1, -0.05) is 78.5 Å². The summed E-state index contributed by atoms with van der Waals surface area (Å²) in [4.78, 5) is 49.0. The van der Waals surface area contributed by atoms with Crippen molar-refractivity contribution in [3.05, 3.63) is 105 Å². The number of amides is 2. The first-order chi connectivity index (χ1) is 21.5. The number of aromatic nitrogens is 4. The zero-order valence-corrected chi connectivity index (χ0v) is 26.3. The Morgan fingerprint density at radius 3 is 2.36 bits per heavy atom. The molecule has 2 aromatic carbocycles. The van der Waals surface area contributed by atoms with E-state index in [1.54, 1.807) is 11.7 Å². The highest BCUT2D eigenvalue weighted by atomic mass is 32.2. The molecule has 6 rings (SSSR count). The van der Waals surface area contributed by atoms with E-state index in [1.165, 1.54) is 46.9 Å². The number of carbonyl (C=O) groups excluding carboxylic acids is 3. The highest BCUT2D eigenvalue weighted by molar-refractivity contribution is 8.01. The number of ether oxygens (including phenoxy) is 1. The lowest BCUT2D eigenvalue weighted by Crippen LogP contribution is -2.71. The number of esters is 1. The van der Waals surface area contributed by atoms with E-state index in [0.29, 0.717) is 22.2 Å². The highest BCUT2D eigenvalue weighted by Crippen LogP contribution is 2.44.